The molecule has 2 aromatic rings. The molecule has 2 rings (SSSR count). The molecule has 0 radical (unpaired) electrons. The Balaban J connectivity index is 2.08. The normalized spacial score (nSPS) is 9.50. The molecule has 0 saturated heterocycles. The number of carbonyl (C=O) groups excluding carboxylic acids is 1. The van der Waals surface area contributed by atoms with Crippen LogP contribution < -0.4 is 11.1 Å². The van der Waals surface area contributed by atoms with Gasteiger partial charge < -0.3 is 11.1 Å². The van der Waals surface area contributed by atoms with Gasteiger partial charge in [0.1, 0.15) is 5.69 Å². The molecule has 20 heavy (non-hydrogen) atoms. The number of aryl methyl sites for hydroxylation is 1. The van der Waals surface area contributed by atoms with Crippen LogP contribution in [0.4, 0.5) is 5.69 Å². The first-order valence-electron chi connectivity index (χ1n) is 6.23. The molecule has 0 saturated carbocycles. The molecule has 0 aliphatic carbocycles. The number of rotatable bonds is 2. The summed E-state index contributed by atoms with van der Waals surface area (Å²) in [6.07, 6.45) is 0. The molecule has 100 valence electrons. The van der Waals surface area contributed by atoms with Crippen LogP contribution in [0.2, 0.25) is 0 Å². The van der Waals surface area contributed by atoms with Crippen molar-refractivity contribution in [1.82, 2.24) is 4.98 Å². The van der Waals surface area contributed by atoms with Crippen LogP contribution in [0, 0.1) is 18.8 Å². The topological polar surface area (TPSA) is 68.0 Å². The Kier molecular flexibility index (Phi) is 4.48. The minimum absolute atomic E-state index is 0.227. The minimum Gasteiger partial charge on any atom is -0.321 e. The van der Waals surface area contributed by atoms with Gasteiger partial charge in [-0.2, -0.15) is 0 Å². The van der Waals surface area contributed by atoms with Crippen LogP contribution >= 0.6 is 0 Å². The van der Waals surface area contributed by atoms with Crippen molar-refractivity contribution in [3.8, 4) is 11.8 Å². The quantitative estimate of drug-likeness (QED) is 0.815. The fraction of sp³-hybridized carbons (Fsp3) is 0.125. The second-order valence-electron chi connectivity index (χ2n) is 4.20. The van der Waals surface area contributed by atoms with E-state index in [2.05, 4.69) is 22.1 Å². The summed E-state index contributed by atoms with van der Waals surface area (Å²) in [6, 6.07) is 12.6. The molecule has 4 nitrogen and oxygen atoms in total. The third kappa shape index (κ3) is 3.67. The molecule has 0 atom stereocenters. The second-order valence-corrected chi connectivity index (χ2v) is 4.20. The third-order valence-corrected chi connectivity index (χ3v) is 2.60. The van der Waals surface area contributed by atoms with Crippen molar-refractivity contribution in [2.45, 2.75) is 6.92 Å². The number of carbonyl (C=O) groups is 1. The number of nitrogens with one attached hydrogen (secondary N) is 1. The molecule has 0 aliphatic heterocycles. The number of amides is 1. The van der Waals surface area contributed by atoms with E-state index in [9.17, 15) is 4.79 Å². The molecule has 1 aromatic heterocycles. The number of anilines is 1. The number of aromatic nitrogens is 1. The molecule has 0 unspecified atom stereocenters. The summed E-state index contributed by atoms with van der Waals surface area (Å²) in [4.78, 5) is 16.2. The lowest BCUT2D eigenvalue weighted by Gasteiger charge is -2.05. The van der Waals surface area contributed by atoms with E-state index in [4.69, 9.17) is 5.73 Å². The Morgan fingerprint density at radius 3 is 2.65 bits per heavy atom. The number of hydrogen-bond acceptors (Lipinski definition) is 3. The van der Waals surface area contributed by atoms with Crippen LogP contribution in [0.15, 0.2) is 42.5 Å². The van der Waals surface area contributed by atoms with Gasteiger partial charge in [0.25, 0.3) is 5.91 Å². The van der Waals surface area contributed by atoms with E-state index >= 15 is 0 Å². The highest BCUT2D eigenvalue weighted by Gasteiger charge is 2.07. The average Bonchev–Trinajstić information content (AvgIpc) is 2.46. The Morgan fingerprint density at radius 2 is 2.00 bits per heavy atom. The fourth-order valence-electron chi connectivity index (χ4n) is 1.65. The van der Waals surface area contributed by atoms with E-state index in [0.29, 0.717) is 17.9 Å². The first-order chi connectivity index (χ1) is 9.69. The number of nitrogens with two attached hydrogens (primary N) is 1. The largest absolute Gasteiger partial charge is 0.321 e. The van der Waals surface area contributed by atoms with E-state index in [-0.39, 0.29) is 5.91 Å². The summed E-state index contributed by atoms with van der Waals surface area (Å²) in [7, 11) is 0. The lowest BCUT2D eigenvalue weighted by molar-refractivity contribution is 0.102. The summed E-state index contributed by atoms with van der Waals surface area (Å²) in [5.41, 5.74) is 8.09. The van der Waals surface area contributed by atoms with Crippen molar-refractivity contribution >= 4 is 11.6 Å². The summed E-state index contributed by atoms with van der Waals surface area (Å²) in [6.45, 7) is 2.18. The Hall–Kier alpha value is -2.64. The first-order valence-corrected chi connectivity index (χ1v) is 6.23. The van der Waals surface area contributed by atoms with Gasteiger partial charge >= 0.3 is 0 Å². The fourth-order valence-corrected chi connectivity index (χ4v) is 1.65. The van der Waals surface area contributed by atoms with Crippen molar-refractivity contribution in [1.29, 1.82) is 0 Å². The highest BCUT2D eigenvalue weighted by atomic mass is 16.1. The summed E-state index contributed by atoms with van der Waals surface area (Å²) in [5.74, 6) is 5.47. The first kappa shape index (κ1) is 13.8. The summed E-state index contributed by atoms with van der Waals surface area (Å²) < 4.78 is 0. The van der Waals surface area contributed by atoms with Crippen molar-refractivity contribution in [2.75, 3.05) is 11.9 Å². The third-order valence-electron chi connectivity index (χ3n) is 2.60. The summed E-state index contributed by atoms with van der Waals surface area (Å²) in [5, 5.41) is 2.79. The molecular formula is C16H15N3O. The Labute approximate surface area is 118 Å². The molecular weight excluding hydrogens is 250 g/mol. The molecule has 1 aromatic carbocycles. The molecule has 4 heteroatoms. The van der Waals surface area contributed by atoms with E-state index in [1.165, 1.54) is 0 Å². The highest BCUT2D eigenvalue weighted by Crippen LogP contribution is 2.10. The van der Waals surface area contributed by atoms with Crippen LogP contribution in [-0.2, 0) is 0 Å². The van der Waals surface area contributed by atoms with Crippen molar-refractivity contribution in [3.63, 3.8) is 0 Å². The Bertz CT molecular complexity index is 666. The van der Waals surface area contributed by atoms with Crippen LogP contribution in [0.3, 0.4) is 0 Å². The van der Waals surface area contributed by atoms with E-state index in [1.54, 1.807) is 18.2 Å². The highest BCUT2D eigenvalue weighted by molar-refractivity contribution is 6.02. The molecule has 1 heterocycles. The monoisotopic (exact) mass is 265 g/mol. The van der Waals surface area contributed by atoms with Gasteiger partial charge in [0.05, 0.1) is 6.54 Å². The maximum Gasteiger partial charge on any atom is 0.274 e. The number of hydrogen-bond donors (Lipinski definition) is 2. The molecule has 0 aliphatic rings. The summed E-state index contributed by atoms with van der Waals surface area (Å²) >= 11 is 0. The van der Waals surface area contributed by atoms with Gasteiger partial charge in [-0.1, -0.05) is 17.9 Å². The molecule has 0 fully saturated rings. The van der Waals surface area contributed by atoms with Gasteiger partial charge in [-0.25, -0.2) is 4.98 Å². The molecule has 3 N–H and O–H groups in total. The lowest BCUT2D eigenvalue weighted by atomic mass is 10.2. The van der Waals surface area contributed by atoms with Gasteiger partial charge in [-0.3, -0.25) is 4.79 Å². The van der Waals surface area contributed by atoms with Crippen molar-refractivity contribution in [3.05, 3.63) is 59.4 Å². The molecule has 0 spiro atoms. The maximum atomic E-state index is 12.0. The zero-order chi connectivity index (χ0) is 14.4. The van der Waals surface area contributed by atoms with Crippen molar-refractivity contribution in [2.24, 2.45) is 5.73 Å². The van der Waals surface area contributed by atoms with E-state index in [0.717, 1.165) is 11.3 Å². The van der Waals surface area contributed by atoms with Gasteiger partial charge in [0, 0.05) is 16.9 Å². The zero-order valence-electron chi connectivity index (χ0n) is 11.2. The molecule has 0 bridgehead atoms. The standard InChI is InChI=1S/C16H15N3O/c1-12-4-2-6-15(18-12)16(20)19-14-9-7-13(8-10-14)5-3-11-17/h2,4,6-10H,11,17H2,1H3,(H,19,20). The number of nitrogens with zero attached hydrogens (tertiary/aromatic N) is 1. The van der Waals surface area contributed by atoms with Crippen LogP contribution in [0.5, 0.6) is 0 Å². The predicted molar refractivity (Wildman–Crippen MR) is 79.3 cm³/mol. The maximum absolute atomic E-state index is 12.0. The minimum atomic E-state index is -0.227. The smallest absolute Gasteiger partial charge is 0.274 e. The second kappa shape index (κ2) is 6.50. The van der Waals surface area contributed by atoms with Crippen LogP contribution in [0.1, 0.15) is 21.7 Å². The van der Waals surface area contributed by atoms with Gasteiger partial charge in [0.2, 0.25) is 0 Å². The number of pyridine rings is 1. The van der Waals surface area contributed by atoms with Crippen LogP contribution in [0.25, 0.3) is 0 Å². The van der Waals surface area contributed by atoms with Crippen molar-refractivity contribution < 1.29 is 4.79 Å². The van der Waals surface area contributed by atoms with E-state index in [1.807, 2.05) is 31.2 Å². The molecule has 1 amide bonds. The van der Waals surface area contributed by atoms with Gasteiger partial charge in [-0.15, -0.1) is 0 Å². The SMILES string of the molecule is Cc1cccc(C(=O)Nc2ccc(C#CCN)cc2)n1. The average molecular weight is 265 g/mol. The lowest BCUT2D eigenvalue weighted by Crippen LogP contribution is -2.13. The van der Waals surface area contributed by atoms with Gasteiger partial charge in [0.15, 0.2) is 0 Å². The Morgan fingerprint density at radius 1 is 1.25 bits per heavy atom. The van der Waals surface area contributed by atoms with Crippen LogP contribution in [-0.4, -0.2) is 17.4 Å². The van der Waals surface area contributed by atoms with E-state index < -0.39 is 0 Å². The zero-order valence-corrected chi connectivity index (χ0v) is 11.2. The predicted octanol–water partition coefficient (Wildman–Crippen LogP) is 1.95. The number of benzene rings is 1. The van der Waals surface area contributed by atoms with Gasteiger partial charge in [-0.05, 0) is 43.3 Å².